The number of nitriles is 1. The number of benzene rings is 3. The molecule has 2 N–H and O–H groups in total. The molecule has 0 radical (unpaired) electrons. The van der Waals surface area contributed by atoms with E-state index in [4.69, 9.17) is 11.0 Å². The van der Waals surface area contributed by atoms with Gasteiger partial charge in [-0.2, -0.15) is 5.26 Å². The molecule has 0 aliphatic heterocycles. The highest BCUT2D eigenvalue weighted by Crippen LogP contribution is 2.32. The molecule has 0 aliphatic carbocycles. The number of nitrogens with two attached hydrogens (primary N) is 1. The van der Waals surface area contributed by atoms with Crippen molar-refractivity contribution >= 4 is 17.3 Å². The predicted octanol–water partition coefficient (Wildman–Crippen LogP) is 6.51. The van der Waals surface area contributed by atoms with E-state index in [1.807, 2.05) is 31.2 Å². The summed E-state index contributed by atoms with van der Waals surface area (Å²) in [6.07, 6.45) is 5.78. The lowest BCUT2D eigenvalue weighted by Gasteiger charge is -2.10. The highest BCUT2D eigenvalue weighted by atomic mass is 32.2. The molecule has 2 nitrogen and oxygen atoms in total. The summed E-state index contributed by atoms with van der Waals surface area (Å²) in [7, 11) is 0. The summed E-state index contributed by atoms with van der Waals surface area (Å²) < 4.78 is 0. The van der Waals surface area contributed by atoms with Crippen molar-refractivity contribution in [2.75, 3.05) is 6.26 Å². The lowest BCUT2D eigenvalue weighted by Crippen LogP contribution is -1.94. The summed E-state index contributed by atoms with van der Waals surface area (Å²) in [5.74, 6) is 0. The Morgan fingerprint density at radius 1 is 0.929 bits per heavy atom. The molecule has 0 saturated carbocycles. The molecule has 3 aromatic rings. The second-order valence-corrected chi connectivity index (χ2v) is 7.16. The maximum Gasteiger partial charge on any atom is 0.117 e. The molecule has 0 atom stereocenters. The van der Waals surface area contributed by atoms with Crippen LogP contribution in [0.4, 0.5) is 0 Å². The molecule has 0 fully saturated rings. The van der Waals surface area contributed by atoms with Gasteiger partial charge in [0.15, 0.2) is 0 Å². The van der Waals surface area contributed by atoms with E-state index in [2.05, 4.69) is 66.9 Å². The van der Waals surface area contributed by atoms with Gasteiger partial charge in [0, 0.05) is 4.90 Å². The molecule has 0 bridgehead atoms. The van der Waals surface area contributed by atoms with Crippen LogP contribution in [0.5, 0.6) is 0 Å². The molecular formula is C25H22N2S. The van der Waals surface area contributed by atoms with E-state index in [1.165, 1.54) is 16.0 Å². The lowest BCUT2D eigenvalue weighted by atomic mass is 9.96. The third kappa shape index (κ3) is 4.36. The van der Waals surface area contributed by atoms with Crippen molar-refractivity contribution in [1.29, 1.82) is 5.26 Å². The third-order valence-electron chi connectivity index (χ3n) is 4.58. The van der Waals surface area contributed by atoms with Crippen molar-refractivity contribution in [3.05, 3.63) is 96.2 Å². The van der Waals surface area contributed by atoms with Crippen LogP contribution in [-0.4, -0.2) is 6.26 Å². The highest BCUT2D eigenvalue weighted by molar-refractivity contribution is 7.98. The molecule has 3 aromatic carbocycles. The summed E-state index contributed by atoms with van der Waals surface area (Å²) in [5, 5.41) is 8.94. The number of nitrogens with zero attached hydrogens (tertiary/aromatic N) is 1. The second-order valence-electron chi connectivity index (χ2n) is 6.31. The first-order chi connectivity index (χ1) is 13.7. The van der Waals surface area contributed by atoms with Crippen LogP contribution < -0.4 is 5.73 Å². The second kappa shape index (κ2) is 9.12. The van der Waals surface area contributed by atoms with Gasteiger partial charge in [-0.25, -0.2) is 0 Å². The Hall–Kier alpha value is -3.22. The topological polar surface area (TPSA) is 49.8 Å². The Kier molecular flexibility index (Phi) is 6.37. The molecule has 0 saturated heterocycles. The van der Waals surface area contributed by atoms with E-state index in [0.717, 1.165) is 22.3 Å². The lowest BCUT2D eigenvalue weighted by molar-refractivity contribution is 1.39. The summed E-state index contributed by atoms with van der Waals surface area (Å²) in [5.41, 5.74) is 12.6. The van der Waals surface area contributed by atoms with Gasteiger partial charge in [0.2, 0.25) is 0 Å². The minimum absolute atomic E-state index is 0.204. The molecule has 0 amide bonds. The first-order valence-corrected chi connectivity index (χ1v) is 10.3. The third-order valence-corrected chi connectivity index (χ3v) is 5.38. The number of rotatable bonds is 5. The Bertz CT molecular complexity index is 1070. The minimum atomic E-state index is 0.204. The number of allylic oxidation sites excluding steroid dienone is 4. The summed E-state index contributed by atoms with van der Waals surface area (Å²) in [6, 6.07) is 27.4. The molecule has 0 unspecified atom stereocenters. The van der Waals surface area contributed by atoms with E-state index >= 15 is 0 Å². The standard InChI is InChI=1S/C25H22N2S/c1-3-18(16-23(27)17-26)21-7-6-8-22(15-21)19-11-13-20(14-12-19)24-9-4-5-10-25(24)28-2/h3-16H,27H2,1-2H3/b18-3+,23-16-. The number of thioether (sulfide) groups is 1. The van der Waals surface area contributed by atoms with E-state index in [-0.39, 0.29) is 5.70 Å². The zero-order chi connectivity index (χ0) is 19.9. The van der Waals surface area contributed by atoms with Crippen molar-refractivity contribution in [2.45, 2.75) is 11.8 Å². The highest BCUT2D eigenvalue weighted by Gasteiger charge is 2.06. The fourth-order valence-corrected chi connectivity index (χ4v) is 3.76. The molecule has 0 spiro atoms. The van der Waals surface area contributed by atoms with Gasteiger partial charge in [0.05, 0.1) is 0 Å². The van der Waals surface area contributed by atoms with Crippen LogP contribution in [0.25, 0.3) is 27.8 Å². The quantitative estimate of drug-likeness (QED) is 0.311. The molecule has 3 rings (SSSR count). The van der Waals surface area contributed by atoms with E-state index in [0.29, 0.717) is 0 Å². The fourth-order valence-electron chi connectivity index (χ4n) is 3.14. The smallest absolute Gasteiger partial charge is 0.117 e. The van der Waals surface area contributed by atoms with Gasteiger partial charge in [-0.15, -0.1) is 11.8 Å². The van der Waals surface area contributed by atoms with Crippen molar-refractivity contribution in [2.24, 2.45) is 5.73 Å². The van der Waals surface area contributed by atoms with Crippen molar-refractivity contribution in [3.63, 3.8) is 0 Å². The number of hydrogen-bond donors (Lipinski definition) is 1. The summed E-state index contributed by atoms with van der Waals surface area (Å²) in [6.45, 7) is 1.95. The Morgan fingerprint density at radius 3 is 2.32 bits per heavy atom. The maximum absolute atomic E-state index is 8.94. The molecule has 3 heteroatoms. The Morgan fingerprint density at radius 2 is 1.64 bits per heavy atom. The maximum atomic E-state index is 8.94. The molecular weight excluding hydrogens is 360 g/mol. The van der Waals surface area contributed by atoms with E-state index in [9.17, 15) is 0 Å². The molecule has 0 aliphatic rings. The van der Waals surface area contributed by atoms with Crippen LogP contribution in [0, 0.1) is 11.3 Å². The van der Waals surface area contributed by atoms with Crippen LogP contribution in [0.3, 0.4) is 0 Å². The average Bonchev–Trinajstić information content (AvgIpc) is 2.77. The fraction of sp³-hybridized carbons (Fsp3) is 0.0800. The van der Waals surface area contributed by atoms with Gasteiger partial charge < -0.3 is 5.73 Å². The Balaban J connectivity index is 1.94. The van der Waals surface area contributed by atoms with Crippen molar-refractivity contribution in [1.82, 2.24) is 0 Å². The van der Waals surface area contributed by atoms with Gasteiger partial charge in [-0.05, 0) is 64.8 Å². The molecule has 0 heterocycles. The molecule has 0 aromatic heterocycles. The minimum Gasteiger partial charge on any atom is -0.390 e. The van der Waals surface area contributed by atoms with Crippen LogP contribution in [0.15, 0.2) is 95.5 Å². The van der Waals surface area contributed by atoms with E-state index < -0.39 is 0 Å². The zero-order valence-corrected chi connectivity index (χ0v) is 16.8. The van der Waals surface area contributed by atoms with Gasteiger partial charge in [0.25, 0.3) is 0 Å². The van der Waals surface area contributed by atoms with Gasteiger partial charge in [-0.3, -0.25) is 0 Å². The van der Waals surface area contributed by atoms with E-state index in [1.54, 1.807) is 17.8 Å². The van der Waals surface area contributed by atoms with Gasteiger partial charge >= 0.3 is 0 Å². The first kappa shape index (κ1) is 19.5. The van der Waals surface area contributed by atoms with Crippen LogP contribution in [0.2, 0.25) is 0 Å². The Labute approximate surface area is 171 Å². The van der Waals surface area contributed by atoms with Crippen molar-refractivity contribution < 1.29 is 0 Å². The van der Waals surface area contributed by atoms with Crippen LogP contribution >= 0.6 is 11.8 Å². The first-order valence-electron chi connectivity index (χ1n) is 9.04. The number of hydrogen-bond acceptors (Lipinski definition) is 3. The van der Waals surface area contributed by atoms with Crippen molar-refractivity contribution in [3.8, 4) is 28.3 Å². The SMILES string of the molecule is C/C=C(\C=C(/N)C#N)c1cccc(-c2ccc(-c3ccccc3SC)cc2)c1. The average molecular weight is 383 g/mol. The van der Waals surface area contributed by atoms with Crippen LogP contribution in [-0.2, 0) is 0 Å². The molecule has 28 heavy (non-hydrogen) atoms. The largest absolute Gasteiger partial charge is 0.390 e. The van der Waals surface area contributed by atoms with Gasteiger partial charge in [0.1, 0.15) is 11.8 Å². The molecule has 138 valence electrons. The monoisotopic (exact) mass is 382 g/mol. The summed E-state index contributed by atoms with van der Waals surface area (Å²) >= 11 is 1.76. The summed E-state index contributed by atoms with van der Waals surface area (Å²) in [4.78, 5) is 1.27. The normalized spacial score (nSPS) is 11.9. The predicted molar refractivity (Wildman–Crippen MR) is 121 cm³/mol. The van der Waals surface area contributed by atoms with Gasteiger partial charge in [-0.1, -0.05) is 66.7 Å². The van der Waals surface area contributed by atoms with Crippen LogP contribution in [0.1, 0.15) is 12.5 Å². The zero-order valence-electron chi connectivity index (χ0n) is 16.0.